The number of ether oxygens (including phenoxy) is 2. The van der Waals surface area contributed by atoms with Crippen LogP contribution in [0.5, 0.6) is 5.75 Å². The summed E-state index contributed by atoms with van der Waals surface area (Å²) in [4.78, 5) is 57.0. The molecule has 2 aromatic heterocycles. The van der Waals surface area contributed by atoms with E-state index in [0.717, 1.165) is 27.6 Å². The van der Waals surface area contributed by atoms with E-state index in [1.165, 1.54) is 6.08 Å². The molecule has 2 aromatic carbocycles. The molecule has 6 rings (SSSR count). The number of aliphatic hydroxyl groups is 1. The van der Waals surface area contributed by atoms with Crippen LogP contribution in [0.1, 0.15) is 46.7 Å². The molecule has 0 saturated heterocycles. The van der Waals surface area contributed by atoms with Crippen molar-refractivity contribution in [1.29, 1.82) is 0 Å². The van der Waals surface area contributed by atoms with Crippen LogP contribution in [0.2, 0.25) is 0 Å². The SMILES string of the molecule is CC[C@@]1(O)C(=O)OCc2c1cc1n(c2=O)Cc2c-1nc1ccc(OC(=O)NCCNCc3ccc(/C=C/C(=O)NO)cc3)cc1c2CN(C)C. The lowest BCUT2D eigenvalue weighted by Gasteiger charge is -2.31. The van der Waals surface area contributed by atoms with Crippen LogP contribution in [0.4, 0.5) is 4.79 Å². The second-order valence-corrected chi connectivity index (χ2v) is 12.5. The summed E-state index contributed by atoms with van der Waals surface area (Å²) < 4.78 is 12.4. The zero-order valence-corrected chi connectivity index (χ0v) is 27.9. The summed E-state index contributed by atoms with van der Waals surface area (Å²) in [5.74, 6) is -1.04. The molecule has 2 aliphatic heterocycles. The number of amides is 2. The molecule has 14 nitrogen and oxygen atoms in total. The van der Waals surface area contributed by atoms with Crippen molar-refractivity contribution in [1.82, 2.24) is 30.6 Å². The fourth-order valence-corrected chi connectivity index (χ4v) is 6.29. The lowest BCUT2D eigenvalue weighted by atomic mass is 9.86. The van der Waals surface area contributed by atoms with E-state index >= 15 is 0 Å². The number of esters is 1. The second kappa shape index (κ2) is 14.2. The molecule has 50 heavy (non-hydrogen) atoms. The molecule has 0 unspecified atom stereocenters. The Kier molecular flexibility index (Phi) is 9.79. The molecule has 2 amide bonds. The molecule has 14 heteroatoms. The van der Waals surface area contributed by atoms with Crippen LogP contribution in [0.3, 0.4) is 0 Å². The highest BCUT2D eigenvalue weighted by atomic mass is 16.6. The van der Waals surface area contributed by atoms with Gasteiger partial charge in [-0.1, -0.05) is 31.2 Å². The third-order valence-corrected chi connectivity index (χ3v) is 8.88. The minimum Gasteiger partial charge on any atom is -0.458 e. The number of aromatic nitrogens is 2. The summed E-state index contributed by atoms with van der Waals surface area (Å²) in [5, 5.41) is 26.6. The third kappa shape index (κ3) is 6.73. The first kappa shape index (κ1) is 34.5. The molecule has 0 bridgehead atoms. The van der Waals surface area contributed by atoms with Gasteiger partial charge in [-0.3, -0.25) is 14.8 Å². The highest BCUT2D eigenvalue weighted by Crippen LogP contribution is 2.41. The monoisotopic (exact) mass is 682 g/mol. The Bertz CT molecular complexity index is 2070. The molecular weight excluding hydrogens is 644 g/mol. The van der Waals surface area contributed by atoms with Crippen LogP contribution in [0, 0.1) is 0 Å². The van der Waals surface area contributed by atoms with Crippen LogP contribution in [-0.2, 0) is 46.2 Å². The van der Waals surface area contributed by atoms with Crippen molar-refractivity contribution in [3.8, 4) is 17.1 Å². The van der Waals surface area contributed by atoms with E-state index in [0.29, 0.717) is 48.8 Å². The van der Waals surface area contributed by atoms with Gasteiger partial charge in [-0.2, -0.15) is 0 Å². The van der Waals surface area contributed by atoms with Gasteiger partial charge in [-0.05, 0) is 67.5 Å². The minimum absolute atomic E-state index is 0.0584. The van der Waals surface area contributed by atoms with Gasteiger partial charge in [-0.25, -0.2) is 20.1 Å². The molecule has 260 valence electrons. The fraction of sp³-hybridized carbons (Fsp3) is 0.306. The van der Waals surface area contributed by atoms with Crippen molar-refractivity contribution in [2.24, 2.45) is 0 Å². The highest BCUT2D eigenvalue weighted by Gasteiger charge is 2.45. The van der Waals surface area contributed by atoms with Gasteiger partial charge in [0.1, 0.15) is 12.4 Å². The lowest BCUT2D eigenvalue weighted by molar-refractivity contribution is -0.172. The van der Waals surface area contributed by atoms with E-state index in [1.807, 2.05) is 43.3 Å². The predicted octanol–water partition coefficient (Wildman–Crippen LogP) is 2.54. The predicted molar refractivity (Wildman–Crippen MR) is 183 cm³/mol. The standard InChI is InChI=1S/C36H38N6O8/c1-4-36(47)28-16-30-32-26(19-42(30)33(44)27(28)20-49-34(36)45)25(18-41(2)3)24-15-23(10-11-29(24)39-32)50-35(46)38-14-13-37-17-22-7-5-21(6-8-22)9-12-31(43)40-48/h5-12,15-16,37,47-48H,4,13-14,17-20H2,1-3H3,(H,38,46)(H,40,43)/b12-9+/t36-/m0/s1. The summed E-state index contributed by atoms with van der Waals surface area (Å²) in [7, 11) is 3.87. The Morgan fingerprint density at radius 1 is 1.10 bits per heavy atom. The largest absolute Gasteiger partial charge is 0.458 e. The second-order valence-electron chi connectivity index (χ2n) is 12.5. The Balaban J connectivity index is 1.15. The Labute approximate surface area is 287 Å². The molecule has 0 fully saturated rings. The van der Waals surface area contributed by atoms with E-state index in [4.69, 9.17) is 19.7 Å². The number of fused-ring (bicyclic) bond motifs is 5. The van der Waals surface area contributed by atoms with E-state index in [1.54, 1.807) is 47.3 Å². The van der Waals surface area contributed by atoms with Crippen molar-refractivity contribution >= 4 is 34.9 Å². The normalized spacial score (nSPS) is 16.2. The van der Waals surface area contributed by atoms with Gasteiger partial charge >= 0.3 is 12.1 Å². The van der Waals surface area contributed by atoms with E-state index in [-0.39, 0.29) is 36.3 Å². The minimum atomic E-state index is -1.91. The molecule has 0 aliphatic carbocycles. The smallest absolute Gasteiger partial charge is 0.412 e. The first-order valence-electron chi connectivity index (χ1n) is 16.2. The fourth-order valence-electron chi connectivity index (χ4n) is 6.29. The molecule has 0 saturated carbocycles. The van der Waals surface area contributed by atoms with Gasteiger partial charge in [0.15, 0.2) is 5.60 Å². The van der Waals surface area contributed by atoms with Crippen molar-refractivity contribution in [2.75, 3.05) is 27.2 Å². The number of hydrogen-bond acceptors (Lipinski definition) is 11. The zero-order valence-electron chi connectivity index (χ0n) is 27.9. The summed E-state index contributed by atoms with van der Waals surface area (Å²) in [6.45, 7) is 3.63. The Hall–Kier alpha value is -5.41. The summed E-state index contributed by atoms with van der Waals surface area (Å²) in [6.07, 6.45) is 2.26. The van der Waals surface area contributed by atoms with Crippen LogP contribution in [-0.4, -0.2) is 69.9 Å². The first-order valence-corrected chi connectivity index (χ1v) is 16.2. The zero-order chi connectivity index (χ0) is 35.6. The maximum absolute atomic E-state index is 13.7. The number of cyclic esters (lactones) is 1. The molecule has 0 radical (unpaired) electrons. The Morgan fingerprint density at radius 3 is 2.60 bits per heavy atom. The van der Waals surface area contributed by atoms with Gasteiger partial charge < -0.3 is 34.7 Å². The number of benzene rings is 2. The summed E-state index contributed by atoms with van der Waals surface area (Å²) >= 11 is 0. The van der Waals surface area contributed by atoms with Gasteiger partial charge in [0, 0.05) is 48.8 Å². The van der Waals surface area contributed by atoms with Gasteiger partial charge in [-0.15, -0.1) is 0 Å². The summed E-state index contributed by atoms with van der Waals surface area (Å²) in [6, 6.07) is 14.4. The first-order chi connectivity index (χ1) is 24.0. The average Bonchev–Trinajstić information content (AvgIpc) is 3.48. The van der Waals surface area contributed by atoms with E-state index < -0.39 is 23.6 Å². The topological polar surface area (TPSA) is 184 Å². The number of nitrogens with one attached hydrogen (secondary N) is 3. The molecular formula is C36H38N6O8. The van der Waals surface area contributed by atoms with Crippen LogP contribution >= 0.6 is 0 Å². The molecule has 4 aromatic rings. The number of hydrogen-bond donors (Lipinski definition) is 5. The highest BCUT2D eigenvalue weighted by molar-refractivity contribution is 5.91. The number of hydroxylamine groups is 1. The summed E-state index contributed by atoms with van der Waals surface area (Å²) in [5.41, 5.74) is 5.17. The molecule has 0 spiro atoms. The average molecular weight is 683 g/mol. The van der Waals surface area contributed by atoms with Crippen LogP contribution in [0.25, 0.3) is 28.4 Å². The van der Waals surface area contributed by atoms with E-state index in [2.05, 4.69) is 10.6 Å². The quantitative estimate of drug-likeness (QED) is 0.0454. The van der Waals surface area contributed by atoms with Gasteiger partial charge in [0.25, 0.3) is 11.5 Å². The molecule has 5 N–H and O–H groups in total. The van der Waals surface area contributed by atoms with Crippen LogP contribution in [0.15, 0.2) is 59.4 Å². The molecule has 4 heterocycles. The number of carbonyl (C=O) groups excluding carboxylic acids is 3. The number of carbonyl (C=O) groups is 3. The van der Waals surface area contributed by atoms with Crippen LogP contribution < -0.4 is 26.4 Å². The number of rotatable bonds is 11. The molecule has 1 atom stereocenters. The van der Waals surface area contributed by atoms with Crippen molar-refractivity contribution in [3.63, 3.8) is 0 Å². The van der Waals surface area contributed by atoms with Gasteiger partial charge in [0.05, 0.1) is 29.0 Å². The van der Waals surface area contributed by atoms with Crippen molar-refractivity contribution in [2.45, 2.75) is 45.2 Å². The lowest BCUT2D eigenvalue weighted by Crippen LogP contribution is -2.44. The maximum atomic E-state index is 13.7. The number of pyridine rings is 2. The third-order valence-electron chi connectivity index (χ3n) is 8.88. The van der Waals surface area contributed by atoms with Gasteiger partial charge in [0.2, 0.25) is 0 Å². The molecule has 2 aliphatic rings. The number of nitrogens with zero attached hydrogens (tertiary/aromatic N) is 3. The van der Waals surface area contributed by atoms with Crippen molar-refractivity contribution in [3.05, 3.63) is 98.3 Å². The maximum Gasteiger partial charge on any atom is 0.412 e. The Morgan fingerprint density at radius 2 is 1.88 bits per heavy atom. The van der Waals surface area contributed by atoms with E-state index in [9.17, 15) is 24.3 Å². The van der Waals surface area contributed by atoms with Crippen molar-refractivity contribution < 1.29 is 34.2 Å².